The van der Waals surface area contributed by atoms with Gasteiger partial charge in [-0.1, -0.05) is 31.4 Å². The van der Waals surface area contributed by atoms with Crippen LogP contribution in [0.15, 0.2) is 46.9 Å². The Bertz CT molecular complexity index is 1100. The fourth-order valence-corrected chi connectivity index (χ4v) is 4.01. The van der Waals surface area contributed by atoms with E-state index in [0.717, 1.165) is 32.1 Å². The summed E-state index contributed by atoms with van der Waals surface area (Å²) in [4.78, 5) is 26.1. The van der Waals surface area contributed by atoms with Crippen LogP contribution in [0.2, 0.25) is 0 Å². The van der Waals surface area contributed by atoms with E-state index in [1.165, 1.54) is 7.11 Å². The van der Waals surface area contributed by atoms with Gasteiger partial charge in [-0.25, -0.2) is 0 Å². The van der Waals surface area contributed by atoms with Gasteiger partial charge in [-0.2, -0.15) is 0 Å². The van der Waals surface area contributed by atoms with E-state index in [0.29, 0.717) is 33.8 Å². The van der Waals surface area contributed by atoms with Gasteiger partial charge < -0.3 is 24.5 Å². The summed E-state index contributed by atoms with van der Waals surface area (Å²) in [5, 5.41) is 6.48. The summed E-state index contributed by atoms with van der Waals surface area (Å²) in [5.41, 5.74) is 1.37. The Kier molecular flexibility index (Phi) is 6.11. The molecule has 0 bridgehead atoms. The third kappa shape index (κ3) is 4.35. The maximum Gasteiger partial charge on any atom is 0.293 e. The molecule has 7 heteroatoms. The number of amides is 2. The molecule has 1 aromatic heterocycles. The maximum absolute atomic E-state index is 13.2. The van der Waals surface area contributed by atoms with Crippen molar-refractivity contribution in [3.05, 3.63) is 48.2 Å². The molecule has 0 aliphatic heterocycles. The average Bonchev–Trinajstić information content (AvgIpc) is 3.18. The number of benzene rings is 2. The number of hydrogen-bond acceptors (Lipinski definition) is 5. The molecule has 1 saturated carbocycles. The van der Waals surface area contributed by atoms with Crippen molar-refractivity contribution in [2.45, 2.75) is 32.1 Å². The van der Waals surface area contributed by atoms with Crippen LogP contribution in [0.1, 0.15) is 42.7 Å². The molecule has 2 N–H and O–H groups in total. The molecule has 7 nitrogen and oxygen atoms in total. The van der Waals surface area contributed by atoms with Crippen LogP contribution in [0, 0.1) is 5.92 Å². The second kappa shape index (κ2) is 9.12. The van der Waals surface area contributed by atoms with Gasteiger partial charge in [0.2, 0.25) is 11.7 Å². The van der Waals surface area contributed by atoms with Crippen molar-refractivity contribution in [3.63, 3.8) is 0 Å². The number of carbonyl (C=O) groups excluding carboxylic acids is 2. The van der Waals surface area contributed by atoms with Crippen molar-refractivity contribution in [1.82, 2.24) is 0 Å². The van der Waals surface area contributed by atoms with E-state index in [4.69, 9.17) is 13.9 Å². The lowest BCUT2D eigenvalue weighted by molar-refractivity contribution is -0.120. The molecular formula is C24H26N2O5. The molecule has 1 fully saturated rings. The van der Waals surface area contributed by atoms with E-state index < -0.39 is 5.91 Å². The number of hydrogen-bond donors (Lipinski definition) is 2. The van der Waals surface area contributed by atoms with E-state index in [-0.39, 0.29) is 17.6 Å². The Morgan fingerprint density at radius 2 is 1.74 bits per heavy atom. The number of para-hydroxylation sites is 1. The van der Waals surface area contributed by atoms with Crippen LogP contribution in [0.25, 0.3) is 11.0 Å². The zero-order valence-corrected chi connectivity index (χ0v) is 17.7. The van der Waals surface area contributed by atoms with E-state index in [1.54, 1.807) is 31.4 Å². The summed E-state index contributed by atoms with van der Waals surface area (Å²) < 4.78 is 16.4. The molecule has 31 heavy (non-hydrogen) atoms. The van der Waals surface area contributed by atoms with Crippen LogP contribution in [-0.2, 0) is 4.79 Å². The largest absolute Gasteiger partial charge is 0.497 e. The molecule has 162 valence electrons. The molecule has 2 aromatic carbocycles. The summed E-state index contributed by atoms with van der Waals surface area (Å²) in [6.45, 7) is 0. The monoisotopic (exact) mass is 422 g/mol. The van der Waals surface area contributed by atoms with Crippen molar-refractivity contribution in [2.75, 3.05) is 24.9 Å². The number of furan rings is 1. The van der Waals surface area contributed by atoms with Gasteiger partial charge in [-0.3, -0.25) is 9.59 Å². The number of fused-ring (bicyclic) bond motifs is 1. The number of rotatable bonds is 6. The quantitative estimate of drug-likeness (QED) is 0.568. The Morgan fingerprint density at radius 1 is 0.968 bits per heavy atom. The van der Waals surface area contributed by atoms with Crippen molar-refractivity contribution in [3.8, 4) is 11.5 Å². The van der Waals surface area contributed by atoms with E-state index in [1.807, 2.05) is 18.2 Å². The van der Waals surface area contributed by atoms with Gasteiger partial charge in [0.15, 0.2) is 0 Å². The third-order valence-electron chi connectivity index (χ3n) is 5.68. The summed E-state index contributed by atoms with van der Waals surface area (Å²) in [6.07, 6.45) is 4.99. The smallest absolute Gasteiger partial charge is 0.293 e. The number of methoxy groups -OCH3 is 2. The Labute approximate surface area is 180 Å². The van der Waals surface area contributed by atoms with Crippen molar-refractivity contribution < 1.29 is 23.5 Å². The minimum Gasteiger partial charge on any atom is -0.497 e. The maximum atomic E-state index is 13.2. The van der Waals surface area contributed by atoms with Gasteiger partial charge in [0.1, 0.15) is 22.8 Å². The second-order valence-electron chi connectivity index (χ2n) is 7.65. The molecule has 0 spiro atoms. The first-order valence-corrected chi connectivity index (χ1v) is 10.5. The summed E-state index contributed by atoms with van der Waals surface area (Å²) >= 11 is 0. The normalized spacial score (nSPS) is 14.3. The van der Waals surface area contributed by atoms with Gasteiger partial charge in [0.25, 0.3) is 5.91 Å². The van der Waals surface area contributed by atoms with E-state index in [9.17, 15) is 9.59 Å². The van der Waals surface area contributed by atoms with Crippen LogP contribution in [0.3, 0.4) is 0 Å². The Hall–Kier alpha value is -3.48. The first-order valence-electron chi connectivity index (χ1n) is 10.5. The second-order valence-corrected chi connectivity index (χ2v) is 7.65. The van der Waals surface area contributed by atoms with Gasteiger partial charge in [0, 0.05) is 17.4 Å². The highest BCUT2D eigenvalue weighted by Crippen LogP contribution is 2.35. The highest BCUT2D eigenvalue weighted by molar-refractivity contribution is 6.15. The first kappa shape index (κ1) is 20.8. The predicted octanol–water partition coefficient (Wildman–Crippen LogP) is 5.22. The molecule has 0 radical (unpaired) electrons. The van der Waals surface area contributed by atoms with Crippen LogP contribution >= 0.6 is 0 Å². The fraction of sp³-hybridized carbons (Fsp3) is 0.333. The van der Waals surface area contributed by atoms with Crippen LogP contribution in [0.4, 0.5) is 11.4 Å². The molecule has 3 aromatic rings. The summed E-state index contributed by atoms with van der Waals surface area (Å²) in [6, 6.07) is 12.4. The number of nitrogens with one attached hydrogen (secondary N) is 2. The van der Waals surface area contributed by atoms with E-state index >= 15 is 0 Å². The van der Waals surface area contributed by atoms with Crippen LogP contribution in [-0.4, -0.2) is 26.0 Å². The molecule has 4 rings (SSSR count). The first-order chi connectivity index (χ1) is 15.1. The predicted molar refractivity (Wildman–Crippen MR) is 119 cm³/mol. The molecule has 0 saturated heterocycles. The molecule has 1 aliphatic rings. The summed E-state index contributed by atoms with van der Waals surface area (Å²) in [5.74, 6) is 0.512. The van der Waals surface area contributed by atoms with E-state index in [2.05, 4.69) is 10.6 Å². The number of carbonyl (C=O) groups is 2. The fourth-order valence-electron chi connectivity index (χ4n) is 4.01. The highest BCUT2D eigenvalue weighted by Gasteiger charge is 2.27. The zero-order chi connectivity index (χ0) is 21.8. The molecule has 1 heterocycles. The lowest BCUT2D eigenvalue weighted by Gasteiger charge is -2.20. The molecule has 0 unspecified atom stereocenters. The molecule has 0 atom stereocenters. The molecular weight excluding hydrogens is 396 g/mol. The van der Waals surface area contributed by atoms with Crippen molar-refractivity contribution in [2.24, 2.45) is 5.92 Å². The zero-order valence-electron chi connectivity index (χ0n) is 17.7. The molecule has 2 amide bonds. The summed E-state index contributed by atoms with van der Waals surface area (Å²) in [7, 11) is 3.07. The lowest BCUT2D eigenvalue weighted by atomic mass is 9.88. The highest BCUT2D eigenvalue weighted by atomic mass is 16.5. The Balaban J connectivity index is 1.66. The lowest BCUT2D eigenvalue weighted by Crippen LogP contribution is -2.25. The van der Waals surface area contributed by atoms with Crippen molar-refractivity contribution >= 4 is 34.2 Å². The topological polar surface area (TPSA) is 89.8 Å². The molecule has 1 aliphatic carbocycles. The standard InChI is InChI=1S/C24H26N2O5/c1-29-16-12-13-20(30-2)18(14-16)25-24(28)22-21(17-10-6-7-11-19(17)31-22)26-23(27)15-8-4-3-5-9-15/h6-7,10-15H,3-5,8-9H2,1-2H3,(H,25,28)(H,26,27). The van der Waals surface area contributed by atoms with Crippen LogP contribution < -0.4 is 20.1 Å². The SMILES string of the molecule is COc1ccc(OC)c(NC(=O)c2oc3ccccc3c2NC(=O)C2CCCCC2)c1. The minimum absolute atomic E-state index is 0.0446. The number of anilines is 2. The van der Waals surface area contributed by atoms with Gasteiger partial charge in [0.05, 0.1) is 19.9 Å². The van der Waals surface area contributed by atoms with Crippen LogP contribution in [0.5, 0.6) is 11.5 Å². The van der Waals surface area contributed by atoms with Gasteiger partial charge >= 0.3 is 0 Å². The minimum atomic E-state index is -0.485. The average molecular weight is 422 g/mol. The Morgan fingerprint density at radius 3 is 2.48 bits per heavy atom. The number of ether oxygens (including phenoxy) is 2. The third-order valence-corrected chi connectivity index (χ3v) is 5.68. The van der Waals surface area contributed by atoms with Gasteiger partial charge in [-0.15, -0.1) is 0 Å². The van der Waals surface area contributed by atoms with Gasteiger partial charge in [-0.05, 0) is 37.1 Å². The van der Waals surface area contributed by atoms with Crippen molar-refractivity contribution in [1.29, 1.82) is 0 Å².